The van der Waals surface area contributed by atoms with Gasteiger partial charge in [-0.1, -0.05) is 29.5 Å². The number of hydrogen-bond donors (Lipinski definition) is 1. The number of nitrogens with zero attached hydrogens (tertiary/aromatic N) is 3. The van der Waals surface area contributed by atoms with E-state index in [1.807, 2.05) is 68.6 Å². The molecule has 1 N–H and O–H groups in total. The molecule has 0 fully saturated rings. The predicted molar refractivity (Wildman–Crippen MR) is 98.8 cm³/mol. The van der Waals surface area contributed by atoms with E-state index in [2.05, 4.69) is 15.6 Å². The number of fused-ring (bicyclic) bond motifs is 1. The van der Waals surface area contributed by atoms with Crippen LogP contribution in [0.4, 0.5) is 0 Å². The summed E-state index contributed by atoms with van der Waals surface area (Å²) in [4.78, 5) is 12.5. The van der Waals surface area contributed by atoms with Crippen molar-refractivity contribution in [1.29, 1.82) is 0 Å². The minimum Gasteiger partial charge on any atom is -0.454 e. The fraction of sp³-hybridized carbons (Fsp3) is 0.250. The van der Waals surface area contributed by atoms with Crippen molar-refractivity contribution >= 4 is 5.91 Å². The molecule has 7 nitrogen and oxygen atoms in total. The van der Waals surface area contributed by atoms with Crippen LogP contribution in [0, 0.1) is 0 Å². The van der Waals surface area contributed by atoms with E-state index in [9.17, 15) is 4.79 Å². The van der Waals surface area contributed by atoms with Crippen molar-refractivity contribution in [2.45, 2.75) is 25.8 Å². The highest BCUT2D eigenvalue weighted by atomic mass is 16.7. The summed E-state index contributed by atoms with van der Waals surface area (Å²) < 4.78 is 12.4. The molecule has 0 atom stereocenters. The van der Waals surface area contributed by atoms with Gasteiger partial charge in [0.15, 0.2) is 11.5 Å². The zero-order chi connectivity index (χ0) is 18.9. The molecule has 0 spiro atoms. The van der Waals surface area contributed by atoms with Crippen molar-refractivity contribution in [2.75, 3.05) is 6.79 Å². The Balaban J connectivity index is 1.45. The second-order valence-corrected chi connectivity index (χ2v) is 6.92. The Labute approximate surface area is 156 Å². The van der Waals surface area contributed by atoms with Gasteiger partial charge in [0.25, 0.3) is 0 Å². The molecule has 27 heavy (non-hydrogen) atoms. The van der Waals surface area contributed by atoms with E-state index >= 15 is 0 Å². The third-order valence-electron chi connectivity index (χ3n) is 4.41. The van der Waals surface area contributed by atoms with Gasteiger partial charge in [-0.15, -0.1) is 5.10 Å². The molecule has 3 aromatic rings. The van der Waals surface area contributed by atoms with E-state index in [0.29, 0.717) is 17.2 Å². The molecule has 1 amide bonds. The Morgan fingerprint density at radius 3 is 2.74 bits per heavy atom. The summed E-state index contributed by atoms with van der Waals surface area (Å²) in [5.41, 5.74) is 1.81. The average molecular weight is 364 g/mol. The minimum absolute atomic E-state index is 0.104. The topological polar surface area (TPSA) is 78.3 Å². The SMILES string of the molecule is CC(C)(NC(=O)Cc1ccc2c(c1)OCO2)c1cn(-c2ccccc2)nn1. The summed E-state index contributed by atoms with van der Waals surface area (Å²) in [5, 5.41) is 11.4. The number of carbonyl (C=O) groups excluding carboxylic acids is 1. The summed E-state index contributed by atoms with van der Waals surface area (Å²) in [7, 11) is 0. The lowest BCUT2D eigenvalue weighted by Gasteiger charge is -2.23. The Bertz CT molecular complexity index is 966. The van der Waals surface area contributed by atoms with E-state index in [1.165, 1.54) is 0 Å². The average Bonchev–Trinajstić information content (AvgIpc) is 3.31. The summed E-state index contributed by atoms with van der Waals surface area (Å²) in [6, 6.07) is 15.2. The van der Waals surface area contributed by atoms with Crippen LogP contribution in [0.1, 0.15) is 25.1 Å². The number of rotatable bonds is 5. The van der Waals surface area contributed by atoms with Crippen LogP contribution in [-0.4, -0.2) is 27.7 Å². The van der Waals surface area contributed by atoms with Crippen molar-refractivity contribution in [1.82, 2.24) is 20.3 Å². The van der Waals surface area contributed by atoms with Crippen molar-refractivity contribution in [2.24, 2.45) is 0 Å². The number of ether oxygens (including phenoxy) is 2. The van der Waals surface area contributed by atoms with Crippen molar-refractivity contribution in [3.8, 4) is 17.2 Å². The molecule has 2 aromatic carbocycles. The normalized spacial score (nSPS) is 12.8. The number of carbonyl (C=O) groups is 1. The number of amides is 1. The quantitative estimate of drug-likeness (QED) is 0.753. The van der Waals surface area contributed by atoms with Gasteiger partial charge >= 0.3 is 0 Å². The third kappa shape index (κ3) is 3.62. The molecule has 0 saturated carbocycles. The molecule has 7 heteroatoms. The Morgan fingerprint density at radius 1 is 1.15 bits per heavy atom. The smallest absolute Gasteiger partial charge is 0.231 e. The first kappa shape index (κ1) is 17.1. The maximum atomic E-state index is 12.5. The predicted octanol–water partition coefficient (Wildman–Crippen LogP) is 2.59. The number of para-hydroxylation sites is 1. The van der Waals surface area contributed by atoms with Gasteiger partial charge in [0, 0.05) is 0 Å². The lowest BCUT2D eigenvalue weighted by Crippen LogP contribution is -2.42. The molecule has 0 bridgehead atoms. The maximum Gasteiger partial charge on any atom is 0.231 e. The van der Waals surface area contributed by atoms with Gasteiger partial charge < -0.3 is 14.8 Å². The third-order valence-corrected chi connectivity index (χ3v) is 4.41. The largest absolute Gasteiger partial charge is 0.454 e. The molecule has 0 radical (unpaired) electrons. The van der Waals surface area contributed by atoms with E-state index < -0.39 is 5.54 Å². The highest BCUT2D eigenvalue weighted by molar-refractivity contribution is 5.79. The van der Waals surface area contributed by atoms with Crippen LogP contribution in [0.3, 0.4) is 0 Å². The van der Waals surface area contributed by atoms with Gasteiger partial charge in [0.1, 0.15) is 5.69 Å². The summed E-state index contributed by atoms with van der Waals surface area (Å²) in [6.07, 6.45) is 2.07. The molecule has 1 aromatic heterocycles. The number of aromatic nitrogens is 3. The zero-order valence-electron chi connectivity index (χ0n) is 15.2. The molecule has 1 aliphatic rings. The minimum atomic E-state index is -0.652. The first-order chi connectivity index (χ1) is 13.0. The fourth-order valence-electron chi connectivity index (χ4n) is 2.95. The van der Waals surface area contributed by atoms with Crippen LogP contribution in [0.15, 0.2) is 54.7 Å². The van der Waals surface area contributed by atoms with E-state index in [1.54, 1.807) is 4.68 Å². The second-order valence-electron chi connectivity index (χ2n) is 6.92. The van der Waals surface area contributed by atoms with Crippen LogP contribution in [0.2, 0.25) is 0 Å². The molecular formula is C20H20N4O3. The first-order valence-electron chi connectivity index (χ1n) is 8.69. The zero-order valence-corrected chi connectivity index (χ0v) is 15.2. The van der Waals surface area contributed by atoms with Crippen LogP contribution in [0.5, 0.6) is 11.5 Å². The first-order valence-corrected chi connectivity index (χ1v) is 8.69. The van der Waals surface area contributed by atoms with E-state index in [4.69, 9.17) is 9.47 Å². The molecule has 138 valence electrons. The molecule has 2 heterocycles. The Morgan fingerprint density at radius 2 is 1.93 bits per heavy atom. The molecule has 1 aliphatic heterocycles. The van der Waals surface area contributed by atoms with Crippen LogP contribution in [0.25, 0.3) is 5.69 Å². The maximum absolute atomic E-state index is 12.5. The number of nitrogens with one attached hydrogen (secondary N) is 1. The number of benzene rings is 2. The number of hydrogen-bond acceptors (Lipinski definition) is 5. The van der Waals surface area contributed by atoms with Gasteiger partial charge in [-0.05, 0) is 43.7 Å². The second kappa shape index (κ2) is 6.75. The van der Waals surface area contributed by atoms with Crippen LogP contribution < -0.4 is 14.8 Å². The Kier molecular flexibility index (Phi) is 4.27. The summed E-state index contributed by atoms with van der Waals surface area (Å²) in [5.74, 6) is 1.27. The standard InChI is InChI=1S/C20H20N4O3/c1-20(2,18-12-24(23-22-18)15-6-4-3-5-7-15)21-19(25)11-14-8-9-16-17(10-14)27-13-26-16/h3-10,12H,11,13H2,1-2H3,(H,21,25). The van der Waals surface area contributed by atoms with E-state index in [0.717, 1.165) is 11.3 Å². The monoisotopic (exact) mass is 364 g/mol. The van der Waals surface area contributed by atoms with Crippen molar-refractivity contribution < 1.29 is 14.3 Å². The molecule has 4 rings (SSSR count). The van der Waals surface area contributed by atoms with Gasteiger partial charge in [-0.3, -0.25) is 4.79 Å². The van der Waals surface area contributed by atoms with Crippen molar-refractivity contribution in [3.05, 3.63) is 66.0 Å². The molecule has 0 unspecified atom stereocenters. The van der Waals surface area contributed by atoms with Crippen LogP contribution in [-0.2, 0) is 16.8 Å². The molecule has 0 aliphatic carbocycles. The lowest BCUT2D eigenvalue weighted by molar-refractivity contribution is -0.122. The Hall–Kier alpha value is -3.35. The highest BCUT2D eigenvalue weighted by Crippen LogP contribution is 2.32. The molecule has 0 saturated heterocycles. The highest BCUT2D eigenvalue weighted by Gasteiger charge is 2.27. The van der Waals surface area contributed by atoms with Gasteiger partial charge in [0.05, 0.1) is 23.8 Å². The van der Waals surface area contributed by atoms with Gasteiger partial charge in [-0.2, -0.15) is 0 Å². The van der Waals surface area contributed by atoms with Gasteiger partial charge in [-0.25, -0.2) is 4.68 Å². The van der Waals surface area contributed by atoms with Crippen molar-refractivity contribution in [3.63, 3.8) is 0 Å². The molecular weight excluding hydrogens is 344 g/mol. The fourth-order valence-corrected chi connectivity index (χ4v) is 2.95. The summed E-state index contributed by atoms with van der Waals surface area (Å²) >= 11 is 0. The summed E-state index contributed by atoms with van der Waals surface area (Å²) in [6.45, 7) is 4.03. The lowest BCUT2D eigenvalue weighted by atomic mass is 10.0. The van der Waals surface area contributed by atoms with Gasteiger partial charge in [0.2, 0.25) is 12.7 Å². The van der Waals surface area contributed by atoms with E-state index in [-0.39, 0.29) is 19.1 Å². The van der Waals surface area contributed by atoms with Crippen LogP contribution >= 0.6 is 0 Å².